The molecule has 148 valence electrons. The first kappa shape index (κ1) is 21.0. The third kappa shape index (κ3) is 4.99. The number of nitrogens with one attached hydrogen (secondary N) is 1. The zero-order valence-electron chi connectivity index (χ0n) is 16.5. The average Bonchev–Trinajstić information content (AvgIpc) is 3.15. The van der Waals surface area contributed by atoms with Crippen molar-refractivity contribution in [2.75, 3.05) is 26.2 Å². The van der Waals surface area contributed by atoms with Crippen molar-refractivity contribution in [2.45, 2.75) is 20.8 Å². The Morgan fingerprint density at radius 3 is 2.64 bits per heavy atom. The second-order valence-electron chi connectivity index (χ2n) is 6.98. The van der Waals surface area contributed by atoms with Crippen molar-refractivity contribution in [1.82, 2.24) is 15.2 Å². The van der Waals surface area contributed by atoms with Crippen LogP contribution in [0.4, 0.5) is 0 Å². The first-order valence-corrected chi connectivity index (χ1v) is 11.3. The van der Waals surface area contributed by atoms with Crippen molar-refractivity contribution in [3.8, 4) is 10.6 Å². The predicted octanol–water partition coefficient (Wildman–Crippen LogP) is 5.43. The van der Waals surface area contributed by atoms with E-state index in [-0.39, 0.29) is 5.91 Å². The van der Waals surface area contributed by atoms with Crippen LogP contribution in [0.3, 0.4) is 0 Å². The molecule has 28 heavy (non-hydrogen) atoms. The Labute approximate surface area is 179 Å². The van der Waals surface area contributed by atoms with Crippen LogP contribution in [-0.4, -0.2) is 42.0 Å². The Kier molecular flexibility index (Phi) is 7.21. The summed E-state index contributed by atoms with van der Waals surface area (Å²) < 4.78 is 1.05. The van der Waals surface area contributed by atoms with Gasteiger partial charge in [-0.15, -0.1) is 11.3 Å². The van der Waals surface area contributed by atoms with Gasteiger partial charge in [0, 0.05) is 18.5 Å². The quantitative estimate of drug-likeness (QED) is 0.487. The lowest BCUT2D eigenvalue weighted by Gasteiger charge is -2.23. The molecule has 3 rings (SSSR count). The number of halogens is 1. The van der Waals surface area contributed by atoms with E-state index in [4.69, 9.17) is 4.98 Å². The van der Waals surface area contributed by atoms with E-state index in [1.54, 1.807) is 11.3 Å². The molecule has 4 nitrogen and oxygen atoms in total. The van der Waals surface area contributed by atoms with Gasteiger partial charge in [0.05, 0.1) is 25.4 Å². The van der Waals surface area contributed by atoms with Crippen molar-refractivity contribution < 1.29 is 4.79 Å². The van der Waals surface area contributed by atoms with E-state index in [0.29, 0.717) is 18.0 Å². The van der Waals surface area contributed by atoms with Crippen LogP contribution in [0.25, 0.3) is 21.5 Å². The molecule has 1 atom stereocenters. The molecule has 0 unspecified atom stereocenters. The topological polar surface area (TPSA) is 45.2 Å². The molecule has 0 aliphatic rings. The second-order valence-corrected chi connectivity index (χ2v) is 9.44. The van der Waals surface area contributed by atoms with Gasteiger partial charge in [-0.05, 0) is 59.2 Å². The average molecular weight is 460 g/mol. The van der Waals surface area contributed by atoms with Crippen molar-refractivity contribution >= 4 is 44.1 Å². The van der Waals surface area contributed by atoms with Crippen LogP contribution in [0.1, 0.15) is 31.1 Å². The number of pyridine rings is 1. The Morgan fingerprint density at radius 1 is 1.21 bits per heavy atom. The Hall–Kier alpha value is -1.76. The second kappa shape index (κ2) is 9.63. The maximum Gasteiger partial charge on any atom is 0.252 e. The van der Waals surface area contributed by atoms with Crippen molar-refractivity contribution in [3.63, 3.8) is 0 Å². The van der Waals surface area contributed by atoms with Crippen LogP contribution in [-0.2, 0) is 0 Å². The third-order valence-corrected chi connectivity index (χ3v) is 6.51. The van der Waals surface area contributed by atoms with Gasteiger partial charge in [-0.25, -0.2) is 4.98 Å². The zero-order valence-corrected chi connectivity index (χ0v) is 18.9. The van der Waals surface area contributed by atoms with Crippen LogP contribution in [0.5, 0.6) is 0 Å². The number of para-hydroxylation sites is 1. The number of hydrogen-bond acceptors (Lipinski definition) is 4. The molecule has 6 heteroatoms. The van der Waals surface area contributed by atoms with E-state index in [1.165, 1.54) is 0 Å². The number of carbonyl (C=O) groups is 1. The highest BCUT2D eigenvalue weighted by Crippen LogP contribution is 2.32. The third-order valence-electron chi connectivity index (χ3n) is 4.86. The number of hydrogen-bond donors (Lipinski definition) is 1. The van der Waals surface area contributed by atoms with E-state index in [1.807, 2.05) is 42.5 Å². The molecular formula is C22H26BrN3OS. The SMILES string of the molecule is CCN(CC)C[C@H](C)CNC(=O)c1cc(-c2ccc(Br)s2)nc2ccccc12. The number of rotatable bonds is 8. The predicted molar refractivity (Wildman–Crippen MR) is 122 cm³/mol. The maximum absolute atomic E-state index is 13.0. The van der Waals surface area contributed by atoms with E-state index >= 15 is 0 Å². The highest BCUT2D eigenvalue weighted by Gasteiger charge is 2.16. The van der Waals surface area contributed by atoms with Gasteiger partial charge >= 0.3 is 0 Å². The van der Waals surface area contributed by atoms with Gasteiger partial charge in [0.2, 0.25) is 0 Å². The molecule has 0 aliphatic carbocycles. The number of fused-ring (bicyclic) bond motifs is 1. The van der Waals surface area contributed by atoms with E-state index in [0.717, 1.165) is 44.9 Å². The summed E-state index contributed by atoms with van der Waals surface area (Å²) in [7, 11) is 0. The molecule has 0 fully saturated rings. The summed E-state index contributed by atoms with van der Waals surface area (Å²) in [5, 5.41) is 4.01. The van der Waals surface area contributed by atoms with Gasteiger partial charge in [-0.1, -0.05) is 39.0 Å². The smallest absolute Gasteiger partial charge is 0.252 e. The molecule has 2 heterocycles. The van der Waals surface area contributed by atoms with Crippen molar-refractivity contribution in [2.24, 2.45) is 5.92 Å². The van der Waals surface area contributed by atoms with Gasteiger partial charge < -0.3 is 10.2 Å². The van der Waals surface area contributed by atoms with Crippen LogP contribution in [0.2, 0.25) is 0 Å². The summed E-state index contributed by atoms with van der Waals surface area (Å²) in [5.41, 5.74) is 2.35. The molecule has 3 aromatic rings. The molecule has 1 N–H and O–H groups in total. The zero-order chi connectivity index (χ0) is 20.1. The number of amides is 1. The summed E-state index contributed by atoms with van der Waals surface area (Å²) in [4.78, 5) is 21.2. The fraction of sp³-hybridized carbons (Fsp3) is 0.364. The number of carbonyl (C=O) groups excluding carboxylic acids is 1. The Balaban J connectivity index is 1.83. The lowest BCUT2D eigenvalue weighted by Crippen LogP contribution is -2.35. The molecule has 0 spiro atoms. The standard InChI is InChI=1S/C22H26BrN3OS/c1-4-26(5-2)14-15(3)13-24-22(27)17-12-19(20-10-11-21(23)28-20)25-18-9-7-6-8-16(17)18/h6-12,15H,4-5,13-14H2,1-3H3,(H,24,27)/t15-/m1/s1. The Bertz CT molecular complexity index is 952. The van der Waals surface area contributed by atoms with Gasteiger partial charge in [-0.2, -0.15) is 0 Å². The Morgan fingerprint density at radius 2 is 1.96 bits per heavy atom. The lowest BCUT2D eigenvalue weighted by atomic mass is 10.1. The first-order chi connectivity index (χ1) is 13.5. The fourth-order valence-corrected chi connectivity index (χ4v) is 4.64. The lowest BCUT2D eigenvalue weighted by molar-refractivity contribution is 0.0946. The minimum atomic E-state index is -0.0399. The van der Waals surface area contributed by atoms with Gasteiger partial charge in [-0.3, -0.25) is 4.79 Å². The summed E-state index contributed by atoms with van der Waals surface area (Å²) >= 11 is 5.12. The van der Waals surface area contributed by atoms with E-state index < -0.39 is 0 Å². The van der Waals surface area contributed by atoms with Gasteiger partial charge in [0.25, 0.3) is 5.91 Å². The molecule has 0 saturated carbocycles. The van der Waals surface area contributed by atoms with Crippen molar-refractivity contribution in [3.05, 3.63) is 51.8 Å². The number of aromatic nitrogens is 1. The monoisotopic (exact) mass is 459 g/mol. The van der Waals surface area contributed by atoms with Crippen LogP contribution in [0.15, 0.2) is 46.3 Å². The number of nitrogens with zero attached hydrogens (tertiary/aromatic N) is 2. The highest BCUT2D eigenvalue weighted by molar-refractivity contribution is 9.11. The molecule has 1 amide bonds. The van der Waals surface area contributed by atoms with Crippen LogP contribution < -0.4 is 5.32 Å². The maximum atomic E-state index is 13.0. The van der Waals surface area contributed by atoms with Gasteiger partial charge in [0.15, 0.2) is 0 Å². The fourth-order valence-electron chi connectivity index (χ4n) is 3.29. The first-order valence-electron chi connectivity index (χ1n) is 9.67. The molecule has 0 bridgehead atoms. The summed E-state index contributed by atoms with van der Waals surface area (Å²) in [6.45, 7) is 10.2. The van der Waals surface area contributed by atoms with E-state index in [9.17, 15) is 4.79 Å². The minimum absolute atomic E-state index is 0.0399. The minimum Gasteiger partial charge on any atom is -0.352 e. The molecule has 2 aromatic heterocycles. The molecule has 0 aliphatic heterocycles. The number of benzene rings is 1. The largest absolute Gasteiger partial charge is 0.352 e. The summed E-state index contributed by atoms with van der Waals surface area (Å²) in [5.74, 6) is 0.353. The van der Waals surface area contributed by atoms with E-state index in [2.05, 4.69) is 46.9 Å². The number of thiophene rings is 1. The van der Waals surface area contributed by atoms with Gasteiger partial charge in [0.1, 0.15) is 0 Å². The normalized spacial score (nSPS) is 12.5. The summed E-state index contributed by atoms with van der Waals surface area (Å²) in [6.07, 6.45) is 0. The van der Waals surface area contributed by atoms with Crippen molar-refractivity contribution in [1.29, 1.82) is 0 Å². The van der Waals surface area contributed by atoms with Crippen LogP contribution >= 0.6 is 27.3 Å². The summed E-state index contributed by atoms with van der Waals surface area (Å²) in [6, 6.07) is 13.8. The molecule has 1 aromatic carbocycles. The molecule has 0 saturated heterocycles. The van der Waals surface area contributed by atoms with Crippen LogP contribution in [0, 0.1) is 5.92 Å². The molecule has 0 radical (unpaired) electrons. The molecular weight excluding hydrogens is 434 g/mol. The highest BCUT2D eigenvalue weighted by atomic mass is 79.9.